The Balaban J connectivity index is 1.91. The van der Waals surface area contributed by atoms with Crippen molar-refractivity contribution in [3.05, 3.63) is 0 Å². The van der Waals surface area contributed by atoms with Crippen LogP contribution in [0.1, 0.15) is 26.7 Å². The van der Waals surface area contributed by atoms with E-state index < -0.39 is 0 Å². The summed E-state index contributed by atoms with van der Waals surface area (Å²) in [4.78, 5) is 6.63. The van der Waals surface area contributed by atoms with Crippen molar-refractivity contribution in [2.24, 2.45) is 5.92 Å². The number of hydrogen-bond acceptors (Lipinski definition) is 4. The van der Waals surface area contributed by atoms with E-state index in [0.29, 0.717) is 5.92 Å². The topological polar surface area (TPSA) is 56.8 Å². The highest BCUT2D eigenvalue weighted by Crippen LogP contribution is 2.16. The van der Waals surface area contributed by atoms with Gasteiger partial charge in [0.2, 0.25) is 11.9 Å². The SMILES string of the molecule is CC(C)CNc1nc(N2CCCC2)n[nH]1. The summed E-state index contributed by atoms with van der Waals surface area (Å²) in [6, 6.07) is 0. The van der Waals surface area contributed by atoms with Gasteiger partial charge in [-0.15, -0.1) is 5.10 Å². The van der Waals surface area contributed by atoms with Crippen LogP contribution >= 0.6 is 0 Å². The maximum atomic E-state index is 4.41. The second-order valence-corrected chi connectivity index (χ2v) is 4.45. The smallest absolute Gasteiger partial charge is 0.246 e. The molecule has 0 amide bonds. The van der Waals surface area contributed by atoms with Crippen LogP contribution in [0, 0.1) is 5.92 Å². The highest BCUT2D eigenvalue weighted by molar-refractivity contribution is 5.37. The Morgan fingerprint density at radius 1 is 1.40 bits per heavy atom. The first-order chi connectivity index (χ1) is 7.25. The molecule has 0 atom stereocenters. The molecule has 1 aromatic rings. The number of hydrogen-bond donors (Lipinski definition) is 2. The van der Waals surface area contributed by atoms with Gasteiger partial charge in [-0.2, -0.15) is 4.98 Å². The summed E-state index contributed by atoms with van der Waals surface area (Å²) in [5.74, 6) is 2.23. The second-order valence-electron chi connectivity index (χ2n) is 4.45. The zero-order valence-corrected chi connectivity index (χ0v) is 9.45. The minimum Gasteiger partial charge on any atom is -0.354 e. The number of H-pyrrole nitrogens is 1. The van der Waals surface area contributed by atoms with Gasteiger partial charge in [-0.05, 0) is 18.8 Å². The molecule has 0 radical (unpaired) electrons. The molecule has 1 aromatic heterocycles. The molecule has 2 heterocycles. The zero-order chi connectivity index (χ0) is 10.7. The van der Waals surface area contributed by atoms with E-state index in [-0.39, 0.29) is 0 Å². The molecule has 5 heteroatoms. The molecule has 0 bridgehead atoms. The second kappa shape index (κ2) is 4.51. The summed E-state index contributed by atoms with van der Waals surface area (Å²) in [5.41, 5.74) is 0. The van der Waals surface area contributed by atoms with Crippen molar-refractivity contribution in [1.82, 2.24) is 15.2 Å². The average molecular weight is 209 g/mol. The van der Waals surface area contributed by atoms with E-state index in [1.54, 1.807) is 0 Å². The maximum Gasteiger partial charge on any atom is 0.246 e. The average Bonchev–Trinajstić information content (AvgIpc) is 2.85. The van der Waals surface area contributed by atoms with Crippen molar-refractivity contribution in [2.45, 2.75) is 26.7 Å². The van der Waals surface area contributed by atoms with Crippen LogP contribution < -0.4 is 10.2 Å². The van der Waals surface area contributed by atoms with E-state index >= 15 is 0 Å². The van der Waals surface area contributed by atoms with Gasteiger partial charge in [-0.1, -0.05) is 13.8 Å². The van der Waals surface area contributed by atoms with Gasteiger partial charge in [0.15, 0.2) is 0 Å². The fraction of sp³-hybridized carbons (Fsp3) is 0.800. The molecule has 84 valence electrons. The van der Waals surface area contributed by atoms with Crippen LogP contribution in [0.4, 0.5) is 11.9 Å². The van der Waals surface area contributed by atoms with E-state index in [1.807, 2.05) is 0 Å². The Morgan fingerprint density at radius 2 is 2.13 bits per heavy atom. The van der Waals surface area contributed by atoms with E-state index in [1.165, 1.54) is 12.8 Å². The molecule has 2 rings (SSSR count). The third-order valence-corrected chi connectivity index (χ3v) is 2.54. The highest BCUT2D eigenvalue weighted by atomic mass is 15.4. The summed E-state index contributed by atoms with van der Waals surface area (Å²) in [5, 5.41) is 10.4. The summed E-state index contributed by atoms with van der Waals surface area (Å²) >= 11 is 0. The fourth-order valence-corrected chi connectivity index (χ4v) is 1.69. The summed E-state index contributed by atoms with van der Waals surface area (Å²) in [6.07, 6.45) is 2.51. The number of nitrogens with one attached hydrogen (secondary N) is 2. The van der Waals surface area contributed by atoms with Crippen molar-refractivity contribution in [3.8, 4) is 0 Å². The lowest BCUT2D eigenvalue weighted by molar-refractivity contribution is 0.685. The van der Waals surface area contributed by atoms with Gasteiger partial charge in [-0.3, -0.25) is 0 Å². The number of nitrogens with zero attached hydrogens (tertiary/aromatic N) is 3. The monoisotopic (exact) mass is 209 g/mol. The lowest BCUT2D eigenvalue weighted by atomic mass is 10.2. The quantitative estimate of drug-likeness (QED) is 0.788. The number of rotatable bonds is 4. The summed E-state index contributed by atoms with van der Waals surface area (Å²) < 4.78 is 0. The van der Waals surface area contributed by atoms with E-state index in [2.05, 4.69) is 39.2 Å². The van der Waals surface area contributed by atoms with E-state index in [0.717, 1.165) is 31.5 Å². The Hall–Kier alpha value is -1.26. The number of aromatic amines is 1. The van der Waals surface area contributed by atoms with Crippen LogP contribution in [0.15, 0.2) is 0 Å². The molecule has 1 saturated heterocycles. The Labute approximate surface area is 90.3 Å². The van der Waals surface area contributed by atoms with Gasteiger partial charge in [0.05, 0.1) is 0 Å². The molecular formula is C10H19N5. The largest absolute Gasteiger partial charge is 0.354 e. The van der Waals surface area contributed by atoms with Gasteiger partial charge in [0, 0.05) is 19.6 Å². The molecular weight excluding hydrogens is 190 g/mol. The Kier molecular flexibility index (Phi) is 3.08. The molecule has 0 spiro atoms. The van der Waals surface area contributed by atoms with E-state index in [9.17, 15) is 0 Å². The minimum atomic E-state index is 0.616. The lowest BCUT2D eigenvalue weighted by Gasteiger charge is -2.10. The molecule has 0 aliphatic carbocycles. The van der Waals surface area contributed by atoms with Crippen LogP contribution in [-0.2, 0) is 0 Å². The molecule has 1 aliphatic rings. The molecule has 0 unspecified atom stereocenters. The number of aromatic nitrogens is 3. The molecule has 15 heavy (non-hydrogen) atoms. The molecule has 2 N–H and O–H groups in total. The Bertz CT molecular complexity index is 301. The van der Waals surface area contributed by atoms with Gasteiger partial charge in [0.1, 0.15) is 0 Å². The molecule has 0 saturated carbocycles. The number of anilines is 2. The first-order valence-corrected chi connectivity index (χ1v) is 5.67. The van der Waals surface area contributed by atoms with Gasteiger partial charge in [0.25, 0.3) is 0 Å². The van der Waals surface area contributed by atoms with Crippen molar-refractivity contribution >= 4 is 11.9 Å². The van der Waals surface area contributed by atoms with Crippen LogP contribution in [0.2, 0.25) is 0 Å². The van der Waals surface area contributed by atoms with Crippen LogP contribution in [-0.4, -0.2) is 34.8 Å². The first-order valence-electron chi connectivity index (χ1n) is 5.67. The summed E-state index contributed by atoms with van der Waals surface area (Å²) in [7, 11) is 0. The van der Waals surface area contributed by atoms with Gasteiger partial charge < -0.3 is 10.2 Å². The first kappa shape index (κ1) is 10.3. The summed E-state index contributed by atoms with van der Waals surface area (Å²) in [6.45, 7) is 7.44. The zero-order valence-electron chi connectivity index (χ0n) is 9.45. The van der Waals surface area contributed by atoms with Crippen molar-refractivity contribution < 1.29 is 0 Å². The van der Waals surface area contributed by atoms with E-state index in [4.69, 9.17) is 0 Å². The predicted octanol–water partition coefficient (Wildman–Crippen LogP) is 1.47. The van der Waals surface area contributed by atoms with Crippen molar-refractivity contribution in [3.63, 3.8) is 0 Å². The molecule has 1 aliphatic heterocycles. The predicted molar refractivity (Wildman–Crippen MR) is 61.2 cm³/mol. The molecule has 1 fully saturated rings. The molecule has 0 aromatic carbocycles. The minimum absolute atomic E-state index is 0.616. The third kappa shape index (κ3) is 2.61. The lowest BCUT2D eigenvalue weighted by Crippen LogP contribution is -2.19. The third-order valence-electron chi connectivity index (χ3n) is 2.54. The van der Waals surface area contributed by atoms with Crippen LogP contribution in [0.3, 0.4) is 0 Å². The molecule has 5 nitrogen and oxygen atoms in total. The standard InChI is InChI=1S/C10H19N5/c1-8(2)7-11-9-12-10(14-13-9)15-5-3-4-6-15/h8H,3-7H2,1-2H3,(H2,11,12,13,14). The fourth-order valence-electron chi connectivity index (χ4n) is 1.69. The van der Waals surface area contributed by atoms with Crippen molar-refractivity contribution in [2.75, 3.05) is 29.9 Å². The maximum absolute atomic E-state index is 4.41. The Morgan fingerprint density at radius 3 is 2.80 bits per heavy atom. The van der Waals surface area contributed by atoms with Gasteiger partial charge >= 0.3 is 0 Å². The highest BCUT2D eigenvalue weighted by Gasteiger charge is 2.16. The van der Waals surface area contributed by atoms with Crippen LogP contribution in [0.25, 0.3) is 0 Å². The van der Waals surface area contributed by atoms with Crippen LogP contribution in [0.5, 0.6) is 0 Å². The van der Waals surface area contributed by atoms with Crippen molar-refractivity contribution in [1.29, 1.82) is 0 Å². The van der Waals surface area contributed by atoms with Gasteiger partial charge in [-0.25, -0.2) is 5.10 Å². The normalized spacial score (nSPS) is 16.3.